The fourth-order valence-electron chi connectivity index (χ4n) is 3.20. The average molecular weight is 492 g/mol. The van der Waals surface area contributed by atoms with Crippen molar-refractivity contribution in [3.8, 4) is 0 Å². The molecule has 0 bridgehead atoms. The fraction of sp³-hybridized carbons (Fsp3) is 0.350. The maximum atomic E-state index is 14.5. The lowest BCUT2D eigenvalue weighted by Crippen LogP contribution is -2.30. The summed E-state index contributed by atoms with van der Waals surface area (Å²) in [5.41, 5.74) is 0.476. The van der Waals surface area contributed by atoms with E-state index in [0.29, 0.717) is 12.0 Å². The Labute approximate surface area is 188 Å². The zero-order valence-electron chi connectivity index (χ0n) is 16.8. The highest BCUT2D eigenvalue weighted by Gasteiger charge is 2.26. The summed E-state index contributed by atoms with van der Waals surface area (Å²) >= 11 is 2.63. The van der Waals surface area contributed by atoms with Crippen LogP contribution in [0, 0.1) is 5.82 Å². The van der Waals surface area contributed by atoms with E-state index in [0.717, 1.165) is 10.4 Å². The molecule has 170 valence electrons. The molecule has 2 rings (SSSR count). The number of nitrogens with zero attached hydrogens (tertiary/aromatic N) is 1. The van der Waals surface area contributed by atoms with Crippen LogP contribution in [0.3, 0.4) is 0 Å². The number of carbonyl (C=O) groups is 1. The lowest BCUT2D eigenvalue weighted by atomic mass is 9.97. The first-order valence-electron chi connectivity index (χ1n) is 9.47. The van der Waals surface area contributed by atoms with E-state index < -0.39 is 38.5 Å². The summed E-state index contributed by atoms with van der Waals surface area (Å²) in [5.74, 6) is -2.17. The molecule has 31 heavy (non-hydrogen) atoms. The molecular weight excluding hydrogens is 469 g/mol. The minimum absolute atomic E-state index is 0.0245. The van der Waals surface area contributed by atoms with Crippen molar-refractivity contribution in [2.75, 3.05) is 22.4 Å². The summed E-state index contributed by atoms with van der Waals surface area (Å²) in [5, 5.41) is 0. The van der Waals surface area contributed by atoms with E-state index in [1.807, 2.05) is 0 Å². The molecule has 0 aliphatic heterocycles. The topological polar surface area (TPSA) is 101 Å². The van der Waals surface area contributed by atoms with Crippen molar-refractivity contribution in [1.82, 2.24) is 0 Å². The van der Waals surface area contributed by atoms with Crippen LogP contribution in [0.1, 0.15) is 41.3 Å². The predicted octanol–water partition coefficient (Wildman–Crippen LogP) is 3.89. The molecule has 0 saturated carbocycles. The highest BCUT2D eigenvalue weighted by molar-refractivity contribution is 7.91. The van der Waals surface area contributed by atoms with Crippen molar-refractivity contribution in [1.29, 1.82) is 0 Å². The summed E-state index contributed by atoms with van der Waals surface area (Å²) in [6.07, 6.45) is 0.601. The molecule has 0 radical (unpaired) electrons. The molecule has 11 heteroatoms. The highest BCUT2D eigenvalue weighted by Crippen LogP contribution is 2.31. The van der Waals surface area contributed by atoms with Gasteiger partial charge in [0, 0.05) is 18.7 Å². The number of rotatable bonds is 11. The predicted molar refractivity (Wildman–Crippen MR) is 119 cm³/mol. The summed E-state index contributed by atoms with van der Waals surface area (Å²) in [6.45, 7) is 1.65. The van der Waals surface area contributed by atoms with Gasteiger partial charge in [0.05, 0.1) is 11.4 Å². The third-order valence-electron chi connectivity index (χ3n) is 4.52. The zero-order chi connectivity index (χ0) is 23.0. The third kappa shape index (κ3) is 6.99. The number of carbonyl (C=O) groups excluding carboxylic acids is 1. The van der Waals surface area contributed by atoms with Gasteiger partial charge >= 0.3 is 5.97 Å². The van der Waals surface area contributed by atoms with E-state index in [1.165, 1.54) is 6.07 Å². The van der Waals surface area contributed by atoms with Crippen molar-refractivity contribution < 1.29 is 30.7 Å². The molecule has 1 atom stereocenters. The van der Waals surface area contributed by atoms with E-state index in [4.69, 9.17) is 11.9 Å². The highest BCUT2D eigenvalue weighted by atomic mass is 35.5. The van der Waals surface area contributed by atoms with Crippen LogP contribution in [-0.2, 0) is 31.8 Å². The smallest absolute Gasteiger partial charge is 0.343 e. The summed E-state index contributed by atoms with van der Waals surface area (Å²) in [4.78, 5) is 12.2. The molecule has 0 aromatic heterocycles. The van der Waals surface area contributed by atoms with Gasteiger partial charge in [0.1, 0.15) is 33.1 Å². The van der Waals surface area contributed by atoms with Gasteiger partial charge in [-0.25, -0.2) is 21.8 Å². The number of hydrogen-bond donors (Lipinski definition) is 1. The Morgan fingerprint density at radius 3 is 2.45 bits per heavy atom. The first-order chi connectivity index (χ1) is 14.7. The molecule has 0 saturated heterocycles. The van der Waals surface area contributed by atoms with Crippen molar-refractivity contribution in [3.63, 3.8) is 0 Å². The summed E-state index contributed by atoms with van der Waals surface area (Å²) in [7, 11) is -3.28. The lowest BCUT2D eigenvalue weighted by Gasteiger charge is -2.24. The first kappa shape index (κ1) is 25.3. The van der Waals surface area contributed by atoms with Gasteiger partial charge in [-0.1, -0.05) is 37.3 Å². The number of anilines is 1. The van der Waals surface area contributed by atoms with Crippen LogP contribution < -0.4 is 4.31 Å². The molecule has 0 aliphatic rings. The van der Waals surface area contributed by atoms with E-state index in [9.17, 15) is 26.4 Å². The molecule has 1 N–H and O–H groups in total. The van der Waals surface area contributed by atoms with Gasteiger partial charge in [-0.05, 0) is 36.1 Å². The number of halogens is 2. The van der Waals surface area contributed by atoms with Gasteiger partial charge in [-0.3, -0.25) is 8.86 Å². The Morgan fingerprint density at radius 2 is 1.87 bits per heavy atom. The van der Waals surface area contributed by atoms with Crippen molar-refractivity contribution in [3.05, 3.63) is 65.0 Å². The van der Waals surface area contributed by atoms with Gasteiger partial charge < -0.3 is 4.29 Å². The second-order valence-corrected chi connectivity index (χ2v) is 10.1. The Kier molecular flexibility index (Phi) is 9.42. The zero-order valence-corrected chi connectivity index (χ0v) is 19.2. The number of sulfone groups is 1. The maximum Gasteiger partial charge on any atom is 0.359 e. The normalized spacial score (nSPS) is 12.4. The Hall–Kier alpha value is -2.01. The summed E-state index contributed by atoms with van der Waals surface area (Å²) in [6, 6.07) is 11.1. The fourth-order valence-corrected chi connectivity index (χ4v) is 5.30. The van der Waals surface area contributed by atoms with Gasteiger partial charge in [-0.2, -0.15) is 0 Å². The van der Waals surface area contributed by atoms with Crippen LogP contribution in [0.4, 0.5) is 10.1 Å². The molecule has 0 amide bonds. The Bertz CT molecular complexity index is 1030. The van der Waals surface area contributed by atoms with E-state index in [-0.39, 0.29) is 42.1 Å². The lowest BCUT2D eigenvalue weighted by molar-refractivity contribution is 0.0745. The largest absolute Gasteiger partial charge is 0.359 e. The summed E-state index contributed by atoms with van der Waals surface area (Å²) < 4.78 is 65.6. The number of hydrogen-bond acceptors (Lipinski definition) is 5. The van der Waals surface area contributed by atoms with Crippen LogP contribution in [0.15, 0.2) is 42.5 Å². The molecule has 2 aromatic rings. The minimum Gasteiger partial charge on any atom is -0.343 e. The van der Waals surface area contributed by atoms with Gasteiger partial charge in [0.25, 0.3) is 11.3 Å². The van der Waals surface area contributed by atoms with Gasteiger partial charge in [-0.15, -0.1) is 0 Å². The van der Waals surface area contributed by atoms with Crippen LogP contribution >= 0.6 is 11.9 Å². The number of benzene rings is 2. The monoisotopic (exact) mass is 491 g/mol. The Balaban J connectivity index is 2.47. The maximum absolute atomic E-state index is 14.5. The van der Waals surface area contributed by atoms with Crippen LogP contribution in [0.25, 0.3) is 0 Å². The molecule has 0 heterocycles. The standard InChI is InChI=1S/C20H23ClFNO6S2/c1-2-12-31(27,28)13-6-11-23(30(25)26)18-10-9-17(22)19(20(24)29-21)16(18)14-15-7-4-3-5-8-15/h3-5,7-10H,2,6,11-14H2,1H3,(H,25,26). The molecule has 0 fully saturated rings. The van der Waals surface area contributed by atoms with Crippen molar-refractivity contribution in [2.45, 2.75) is 26.2 Å². The van der Waals surface area contributed by atoms with Crippen LogP contribution in [0.2, 0.25) is 0 Å². The van der Waals surface area contributed by atoms with Crippen molar-refractivity contribution >= 4 is 44.6 Å². The third-order valence-corrected chi connectivity index (χ3v) is 7.36. The second kappa shape index (κ2) is 11.6. The molecule has 2 aromatic carbocycles. The van der Waals surface area contributed by atoms with Crippen LogP contribution in [-0.4, -0.2) is 41.2 Å². The molecule has 7 nitrogen and oxygen atoms in total. The van der Waals surface area contributed by atoms with Gasteiger partial charge in [0.2, 0.25) is 0 Å². The minimum atomic E-state index is -3.28. The van der Waals surface area contributed by atoms with Gasteiger partial charge in [0.15, 0.2) is 0 Å². The molecule has 1 unspecified atom stereocenters. The van der Waals surface area contributed by atoms with E-state index in [1.54, 1.807) is 37.3 Å². The quantitative estimate of drug-likeness (QED) is 0.478. The van der Waals surface area contributed by atoms with E-state index >= 15 is 0 Å². The second-order valence-electron chi connectivity index (χ2n) is 6.79. The molecule has 0 aliphatic carbocycles. The average Bonchev–Trinajstić information content (AvgIpc) is 2.72. The SMILES string of the molecule is CCCS(=O)(=O)CCCN(c1ccc(F)c(C(=O)OCl)c1Cc1ccccc1)S(=O)O. The van der Waals surface area contributed by atoms with Crippen LogP contribution in [0.5, 0.6) is 0 Å². The molecule has 0 spiro atoms. The van der Waals surface area contributed by atoms with Crippen molar-refractivity contribution in [2.24, 2.45) is 0 Å². The molecular formula is C20H23ClFNO6S2. The Morgan fingerprint density at radius 1 is 1.19 bits per heavy atom. The first-order valence-corrected chi connectivity index (χ1v) is 12.7. The van der Waals surface area contributed by atoms with E-state index in [2.05, 4.69) is 4.29 Å².